The standard InChI is InChI=1S/C21H20N2O6S/c1-13(2)29-17-9-8-14(10-18(17)28-3)11-19-20(24)22(21(25)30-19)12-15-6-4-5-7-16(15)23(26)27/h4-11,13H,12H2,1-3H3/b19-11-. The van der Waals surface area contributed by atoms with Gasteiger partial charge in [0.1, 0.15) is 0 Å². The molecular weight excluding hydrogens is 408 g/mol. The van der Waals surface area contributed by atoms with Crippen LogP contribution >= 0.6 is 11.8 Å². The quantitative estimate of drug-likeness (QED) is 0.360. The van der Waals surface area contributed by atoms with Crippen molar-refractivity contribution in [2.75, 3.05) is 7.11 Å². The van der Waals surface area contributed by atoms with Crippen LogP contribution < -0.4 is 9.47 Å². The Balaban J connectivity index is 1.84. The predicted molar refractivity (Wildman–Crippen MR) is 113 cm³/mol. The van der Waals surface area contributed by atoms with E-state index in [2.05, 4.69) is 0 Å². The number of rotatable bonds is 7. The Labute approximate surface area is 177 Å². The third-order valence-corrected chi connectivity index (χ3v) is 5.15. The van der Waals surface area contributed by atoms with Crippen LogP contribution in [0.1, 0.15) is 25.0 Å². The molecule has 0 bridgehead atoms. The van der Waals surface area contributed by atoms with Crippen molar-refractivity contribution < 1.29 is 24.0 Å². The number of imide groups is 1. The highest BCUT2D eigenvalue weighted by Crippen LogP contribution is 2.36. The van der Waals surface area contributed by atoms with Gasteiger partial charge in [0.2, 0.25) is 0 Å². The maximum Gasteiger partial charge on any atom is 0.293 e. The van der Waals surface area contributed by atoms with E-state index in [0.717, 1.165) is 16.7 Å². The van der Waals surface area contributed by atoms with Gasteiger partial charge in [0.25, 0.3) is 16.8 Å². The lowest BCUT2D eigenvalue weighted by Gasteiger charge is -2.14. The van der Waals surface area contributed by atoms with E-state index in [-0.39, 0.29) is 23.2 Å². The van der Waals surface area contributed by atoms with Gasteiger partial charge in [-0.1, -0.05) is 24.3 Å². The Morgan fingerprint density at radius 3 is 2.57 bits per heavy atom. The summed E-state index contributed by atoms with van der Waals surface area (Å²) < 4.78 is 11.0. The van der Waals surface area contributed by atoms with Crippen molar-refractivity contribution >= 4 is 34.7 Å². The first-order valence-electron chi connectivity index (χ1n) is 9.12. The second-order valence-corrected chi connectivity index (χ2v) is 7.72. The summed E-state index contributed by atoms with van der Waals surface area (Å²) in [5.74, 6) is 0.593. The molecule has 1 aliphatic rings. The highest BCUT2D eigenvalue weighted by atomic mass is 32.2. The summed E-state index contributed by atoms with van der Waals surface area (Å²) in [4.78, 5) is 37.1. The summed E-state index contributed by atoms with van der Waals surface area (Å²) in [6.07, 6.45) is 1.56. The number of hydrogen-bond acceptors (Lipinski definition) is 7. The first-order chi connectivity index (χ1) is 14.3. The van der Waals surface area contributed by atoms with Crippen LogP contribution in [-0.4, -0.2) is 34.2 Å². The highest BCUT2D eigenvalue weighted by Gasteiger charge is 2.36. The molecule has 1 saturated heterocycles. The van der Waals surface area contributed by atoms with Crippen LogP contribution in [0, 0.1) is 10.1 Å². The number of hydrogen-bond donors (Lipinski definition) is 0. The molecule has 156 valence electrons. The van der Waals surface area contributed by atoms with Crippen LogP contribution in [0.5, 0.6) is 11.5 Å². The molecule has 0 saturated carbocycles. The average molecular weight is 428 g/mol. The molecule has 30 heavy (non-hydrogen) atoms. The summed E-state index contributed by atoms with van der Waals surface area (Å²) in [5, 5.41) is 10.7. The maximum atomic E-state index is 12.8. The molecule has 0 N–H and O–H groups in total. The van der Waals surface area contributed by atoms with E-state index in [1.165, 1.54) is 25.3 Å². The third-order valence-electron chi connectivity index (χ3n) is 4.24. The number of amides is 2. The number of nitro benzene ring substituents is 1. The smallest absolute Gasteiger partial charge is 0.293 e. The lowest BCUT2D eigenvalue weighted by molar-refractivity contribution is -0.385. The molecule has 2 aromatic rings. The predicted octanol–water partition coefficient (Wildman–Crippen LogP) is 4.63. The molecular formula is C21H20N2O6S. The molecule has 3 rings (SSSR count). The fourth-order valence-corrected chi connectivity index (χ4v) is 3.74. The zero-order valence-electron chi connectivity index (χ0n) is 16.7. The Morgan fingerprint density at radius 2 is 1.90 bits per heavy atom. The number of carbonyl (C=O) groups excluding carboxylic acids is 2. The van der Waals surface area contributed by atoms with Crippen LogP contribution in [0.3, 0.4) is 0 Å². The number of ether oxygens (including phenoxy) is 2. The molecule has 0 spiro atoms. The number of methoxy groups -OCH3 is 1. The van der Waals surface area contributed by atoms with Gasteiger partial charge in [0, 0.05) is 11.6 Å². The van der Waals surface area contributed by atoms with E-state index in [4.69, 9.17) is 9.47 Å². The average Bonchev–Trinajstić information content (AvgIpc) is 2.96. The number of para-hydroxylation sites is 1. The van der Waals surface area contributed by atoms with Crippen molar-refractivity contribution in [1.29, 1.82) is 0 Å². The Kier molecular flexibility index (Phi) is 6.41. The number of thioether (sulfide) groups is 1. The van der Waals surface area contributed by atoms with Gasteiger partial charge in [0.05, 0.1) is 29.6 Å². The van der Waals surface area contributed by atoms with Crippen molar-refractivity contribution in [3.05, 3.63) is 68.6 Å². The minimum Gasteiger partial charge on any atom is -0.493 e. The normalized spacial score (nSPS) is 15.2. The lowest BCUT2D eigenvalue weighted by atomic mass is 10.1. The van der Waals surface area contributed by atoms with Gasteiger partial charge in [-0.3, -0.25) is 24.6 Å². The second-order valence-electron chi connectivity index (χ2n) is 6.73. The number of nitro groups is 1. The van der Waals surface area contributed by atoms with Crippen LogP contribution in [0.4, 0.5) is 10.5 Å². The van der Waals surface area contributed by atoms with Gasteiger partial charge < -0.3 is 9.47 Å². The van der Waals surface area contributed by atoms with E-state index in [1.54, 1.807) is 30.3 Å². The van der Waals surface area contributed by atoms with Crippen molar-refractivity contribution in [2.24, 2.45) is 0 Å². The van der Waals surface area contributed by atoms with E-state index in [0.29, 0.717) is 22.6 Å². The molecule has 2 aromatic carbocycles. The Morgan fingerprint density at radius 1 is 1.17 bits per heavy atom. The van der Waals surface area contributed by atoms with Crippen molar-refractivity contribution in [2.45, 2.75) is 26.5 Å². The Hall–Kier alpha value is -3.33. The van der Waals surface area contributed by atoms with E-state index in [9.17, 15) is 19.7 Å². The summed E-state index contributed by atoms with van der Waals surface area (Å²) in [6.45, 7) is 3.64. The minimum atomic E-state index is -0.530. The van der Waals surface area contributed by atoms with Gasteiger partial charge in [-0.25, -0.2) is 0 Å². The molecule has 0 aliphatic carbocycles. The maximum absolute atomic E-state index is 12.8. The largest absolute Gasteiger partial charge is 0.493 e. The number of carbonyl (C=O) groups is 2. The SMILES string of the molecule is COc1cc(/C=C2\SC(=O)N(Cc3ccccc3[N+](=O)[O-])C2=O)ccc1OC(C)C. The first kappa shape index (κ1) is 21.4. The summed E-state index contributed by atoms with van der Waals surface area (Å²) in [5.41, 5.74) is 0.827. The monoisotopic (exact) mass is 428 g/mol. The fourth-order valence-electron chi connectivity index (χ4n) is 2.91. The van der Waals surface area contributed by atoms with Crippen LogP contribution in [0.2, 0.25) is 0 Å². The van der Waals surface area contributed by atoms with Gasteiger partial charge >= 0.3 is 0 Å². The molecule has 2 amide bonds. The molecule has 0 aromatic heterocycles. The van der Waals surface area contributed by atoms with Crippen molar-refractivity contribution in [3.63, 3.8) is 0 Å². The highest BCUT2D eigenvalue weighted by molar-refractivity contribution is 8.18. The van der Waals surface area contributed by atoms with E-state index < -0.39 is 16.1 Å². The molecule has 1 fully saturated rings. The van der Waals surface area contributed by atoms with Crippen LogP contribution in [0.15, 0.2) is 47.4 Å². The molecule has 1 aliphatic heterocycles. The van der Waals surface area contributed by atoms with Crippen molar-refractivity contribution in [1.82, 2.24) is 4.90 Å². The van der Waals surface area contributed by atoms with Crippen molar-refractivity contribution in [3.8, 4) is 11.5 Å². The summed E-state index contributed by atoms with van der Waals surface area (Å²) >= 11 is 0.795. The Bertz CT molecular complexity index is 1030. The minimum absolute atomic E-state index is 0.0247. The summed E-state index contributed by atoms with van der Waals surface area (Å²) in [6, 6.07) is 11.3. The second kappa shape index (κ2) is 9.00. The summed E-state index contributed by atoms with van der Waals surface area (Å²) in [7, 11) is 1.52. The van der Waals surface area contributed by atoms with Gasteiger partial charge in [0.15, 0.2) is 11.5 Å². The van der Waals surface area contributed by atoms with Gasteiger partial charge in [-0.2, -0.15) is 0 Å². The molecule has 0 radical (unpaired) electrons. The van der Waals surface area contributed by atoms with Crippen LogP contribution in [-0.2, 0) is 11.3 Å². The number of nitrogens with zero attached hydrogens (tertiary/aromatic N) is 2. The van der Waals surface area contributed by atoms with Gasteiger partial charge in [-0.15, -0.1) is 0 Å². The molecule has 1 heterocycles. The van der Waals surface area contributed by atoms with E-state index in [1.807, 2.05) is 13.8 Å². The molecule has 0 unspecified atom stereocenters. The van der Waals surface area contributed by atoms with Gasteiger partial charge in [-0.05, 0) is 49.4 Å². The van der Waals surface area contributed by atoms with E-state index >= 15 is 0 Å². The molecule has 0 atom stereocenters. The number of benzene rings is 2. The first-order valence-corrected chi connectivity index (χ1v) is 9.94. The molecule has 8 nitrogen and oxygen atoms in total. The zero-order chi connectivity index (χ0) is 21.8. The molecule has 9 heteroatoms. The topological polar surface area (TPSA) is 99.0 Å². The fraction of sp³-hybridized carbons (Fsp3) is 0.238. The van der Waals surface area contributed by atoms with Crippen LogP contribution in [0.25, 0.3) is 6.08 Å². The third kappa shape index (κ3) is 4.62. The lowest BCUT2D eigenvalue weighted by Crippen LogP contribution is -2.27. The zero-order valence-corrected chi connectivity index (χ0v) is 17.5.